The average Bonchev–Trinajstić information content (AvgIpc) is 3.35. The fraction of sp³-hybridized carbons (Fsp3) is 0.115. The van der Waals surface area contributed by atoms with Crippen molar-refractivity contribution in [1.29, 1.82) is 0 Å². The van der Waals surface area contributed by atoms with Crippen molar-refractivity contribution in [2.75, 3.05) is 7.11 Å². The van der Waals surface area contributed by atoms with E-state index in [9.17, 15) is 4.79 Å². The predicted octanol–water partition coefficient (Wildman–Crippen LogP) is 5.55. The molecule has 0 aliphatic rings. The Kier molecular flexibility index (Phi) is 7.45. The summed E-state index contributed by atoms with van der Waals surface area (Å²) >= 11 is 1.48. The third-order valence-electron chi connectivity index (χ3n) is 4.66. The van der Waals surface area contributed by atoms with Gasteiger partial charge >= 0.3 is 5.97 Å². The minimum atomic E-state index is -0.433. The molecule has 0 amide bonds. The van der Waals surface area contributed by atoms with Gasteiger partial charge in [0.25, 0.3) is 0 Å². The predicted molar refractivity (Wildman–Crippen MR) is 128 cm³/mol. The van der Waals surface area contributed by atoms with Crippen LogP contribution >= 0.6 is 11.3 Å². The van der Waals surface area contributed by atoms with Crippen LogP contribution in [0, 0.1) is 0 Å². The van der Waals surface area contributed by atoms with Crippen LogP contribution in [0.15, 0.2) is 84.4 Å². The van der Waals surface area contributed by atoms with Crippen LogP contribution in [-0.2, 0) is 22.7 Å². The van der Waals surface area contributed by atoms with Gasteiger partial charge in [-0.1, -0.05) is 30.3 Å². The highest BCUT2D eigenvalue weighted by atomic mass is 32.1. The zero-order valence-corrected chi connectivity index (χ0v) is 18.8. The van der Waals surface area contributed by atoms with Gasteiger partial charge in [-0.05, 0) is 48.0 Å². The molecule has 0 bridgehead atoms. The third-order valence-corrected chi connectivity index (χ3v) is 5.58. The number of thiazole rings is 1. The summed E-state index contributed by atoms with van der Waals surface area (Å²) in [4.78, 5) is 20.9. The van der Waals surface area contributed by atoms with Crippen molar-refractivity contribution in [3.8, 4) is 22.1 Å². The highest BCUT2D eigenvalue weighted by Crippen LogP contribution is 2.32. The second-order valence-corrected chi connectivity index (χ2v) is 7.82. The van der Waals surface area contributed by atoms with E-state index in [-0.39, 0.29) is 6.61 Å². The Bertz CT molecular complexity index is 1220. The van der Waals surface area contributed by atoms with Gasteiger partial charge in [-0.3, -0.25) is 4.98 Å². The Morgan fingerprint density at radius 3 is 2.58 bits per heavy atom. The lowest BCUT2D eigenvalue weighted by atomic mass is 10.2. The molecule has 0 spiro atoms. The number of para-hydroxylation sites is 1. The molecule has 0 N–H and O–H groups in total. The van der Waals surface area contributed by atoms with Crippen molar-refractivity contribution in [2.45, 2.75) is 13.2 Å². The van der Waals surface area contributed by atoms with Crippen LogP contribution in [0.4, 0.5) is 0 Å². The van der Waals surface area contributed by atoms with Gasteiger partial charge < -0.3 is 14.2 Å². The van der Waals surface area contributed by atoms with Crippen LogP contribution in [0.3, 0.4) is 0 Å². The number of carbonyl (C=O) groups is 1. The fourth-order valence-electron chi connectivity index (χ4n) is 2.99. The van der Waals surface area contributed by atoms with Crippen molar-refractivity contribution in [3.63, 3.8) is 0 Å². The number of methoxy groups -OCH3 is 1. The Labute approximate surface area is 196 Å². The van der Waals surface area contributed by atoms with E-state index in [1.165, 1.54) is 17.4 Å². The third kappa shape index (κ3) is 6.27. The SMILES string of the molecule is COc1ccccc1-c1nc(COC(=O)/C=C/c2ccc(OCc3ccccn3)cc2)cs1. The minimum Gasteiger partial charge on any atom is -0.496 e. The lowest BCUT2D eigenvalue weighted by Crippen LogP contribution is -2.01. The van der Waals surface area contributed by atoms with Gasteiger partial charge in [-0.2, -0.15) is 0 Å². The fourth-order valence-corrected chi connectivity index (χ4v) is 3.83. The lowest BCUT2D eigenvalue weighted by molar-refractivity contribution is -0.139. The molecule has 166 valence electrons. The Morgan fingerprint density at radius 1 is 0.970 bits per heavy atom. The number of nitrogens with zero attached hydrogens (tertiary/aromatic N) is 2. The van der Waals surface area contributed by atoms with Gasteiger partial charge in [0.15, 0.2) is 0 Å². The second-order valence-electron chi connectivity index (χ2n) is 6.96. The molecule has 0 aliphatic carbocycles. The lowest BCUT2D eigenvalue weighted by Gasteiger charge is -2.05. The first kappa shape index (κ1) is 22.2. The largest absolute Gasteiger partial charge is 0.496 e. The molecule has 0 atom stereocenters. The molecule has 0 radical (unpaired) electrons. The summed E-state index contributed by atoms with van der Waals surface area (Å²) in [6.07, 6.45) is 4.84. The van der Waals surface area contributed by atoms with E-state index in [1.54, 1.807) is 19.4 Å². The smallest absolute Gasteiger partial charge is 0.331 e. The van der Waals surface area contributed by atoms with Crippen molar-refractivity contribution < 1.29 is 19.0 Å². The van der Waals surface area contributed by atoms with Gasteiger partial charge in [0.2, 0.25) is 0 Å². The first-order valence-electron chi connectivity index (χ1n) is 10.3. The molecular formula is C26H22N2O4S. The van der Waals surface area contributed by atoms with E-state index in [4.69, 9.17) is 14.2 Å². The Hall–Kier alpha value is -3.97. The maximum absolute atomic E-state index is 12.1. The summed E-state index contributed by atoms with van der Waals surface area (Å²) < 4.78 is 16.4. The second kappa shape index (κ2) is 11.1. The molecule has 0 saturated heterocycles. The van der Waals surface area contributed by atoms with Gasteiger partial charge in [0.1, 0.15) is 29.7 Å². The molecule has 0 fully saturated rings. The molecule has 7 heteroatoms. The van der Waals surface area contributed by atoms with Crippen LogP contribution in [-0.4, -0.2) is 23.0 Å². The van der Waals surface area contributed by atoms with E-state index < -0.39 is 5.97 Å². The summed E-state index contributed by atoms with van der Waals surface area (Å²) in [5, 5.41) is 2.70. The average molecular weight is 459 g/mol. The Balaban J connectivity index is 1.27. The molecule has 0 aliphatic heterocycles. The van der Waals surface area contributed by atoms with Crippen LogP contribution < -0.4 is 9.47 Å². The van der Waals surface area contributed by atoms with Crippen molar-refractivity contribution in [3.05, 3.63) is 101 Å². The molecule has 4 rings (SSSR count). The minimum absolute atomic E-state index is 0.106. The van der Waals surface area contributed by atoms with Gasteiger partial charge in [-0.25, -0.2) is 9.78 Å². The number of ether oxygens (including phenoxy) is 3. The quantitative estimate of drug-likeness (QED) is 0.242. The summed E-state index contributed by atoms with van der Waals surface area (Å²) in [6, 6.07) is 20.8. The molecule has 6 nitrogen and oxygen atoms in total. The molecule has 4 aromatic rings. The molecule has 0 unspecified atom stereocenters. The van der Waals surface area contributed by atoms with E-state index >= 15 is 0 Å². The Morgan fingerprint density at radius 2 is 1.79 bits per heavy atom. The molecule has 2 aromatic carbocycles. The number of rotatable bonds is 9. The van der Waals surface area contributed by atoms with Crippen molar-refractivity contribution in [2.24, 2.45) is 0 Å². The normalized spacial score (nSPS) is 10.8. The number of benzene rings is 2. The summed E-state index contributed by atoms with van der Waals surface area (Å²) in [6.45, 7) is 0.507. The highest BCUT2D eigenvalue weighted by Gasteiger charge is 2.10. The van der Waals surface area contributed by atoms with Crippen LogP contribution in [0.25, 0.3) is 16.6 Å². The van der Waals surface area contributed by atoms with Crippen LogP contribution in [0.2, 0.25) is 0 Å². The number of esters is 1. The number of aromatic nitrogens is 2. The number of pyridine rings is 1. The van der Waals surface area contributed by atoms with Gasteiger partial charge in [-0.15, -0.1) is 11.3 Å². The summed E-state index contributed by atoms with van der Waals surface area (Å²) in [5.74, 6) is 1.05. The molecule has 0 saturated carbocycles. The summed E-state index contributed by atoms with van der Waals surface area (Å²) in [5.41, 5.74) is 3.33. The van der Waals surface area contributed by atoms with Crippen molar-refractivity contribution in [1.82, 2.24) is 9.97 Å². The van der Waals surface area contributed by atoms with E-state index in [1.807, 2.05) is 72.1 Å². The molecular weight excluding hydrogens is 436 g/mol. The molecule has 2 aromatic heterocycles. The number of hydrogen-bond donors (Lipinski definition) is 0. The zero-order chi connectivity index (χ0) is 22.9. The monoisotopic (exact) mass is 458 g/mol. The van der Waals surface area contributed by atoms with E-state index in [0.29, 0.717) is 12.3 Å². The number of hydrogen-bond acceptors (Lipinski definition) is 7. The first-order valence-corrected chi connectivity index (χ1v) is 11.1. The van der Waals surface area contributed by atoms with Crippen LogP contribution in [0.5, 0.6) is 11.5 Å². The molecule has 33 heavy (non-hydrogen) atoms. The van der Waals surface area contributed by atoms with Crippen LogP contribution in [0.1, 0.15) is 17.0 Å². The maximum Gasteiger partial charge on any atom is 0.331 e. The highest BCUT2D eigenvalue weighted by molar-refractivity contribution is 7.13. The number of carbonyl (C=O) groups excluding carboxylic acids is 1. The van der Waals surface area contributed by atoms with E-state index in [2.05, 4.69) is 9.97 Å². The van der Waals surface area contributed by atoms with Crippen molar-refractivity contribution >= 4 is 23.4 Å². The van der Waals surface area contributed by atoms with Gasteiger partial charge in [0, 0.05) is 17.7 Å². The topological polar surface area (TPSA) is 70.5 Å². The standard InChI is InChI=1S/C26H22N2O4S/c1-30-24-8-3-2-7-23(24)26-28-21(18-33-26)17-32-25(29)14-11-19-9-12-22(13-10-19)31-16-20-6-4-5-15-27-20/h2-15,18H,16-17H2,1H3/b14-11+. The first-order chi connectivity index (χ1) is 16.2. The van der Waals surface area contributed by atoms with Gasteiger partial charge in [0.05, 0.1) is 24.1 Å². The summed E-state index contributed by atoms with van der Waals surface area (Å²) in [7, 11) is 1.63. The zero-order valence-electron chi connectivity index (χ0n) is 18.0. The van der Waals surface area contributed by atoms with E-state index in [0.717, 1.165) is 33.3 Å². The maximum atomic E-state index is 12.1. The molecule has 2 heterocycles.